The summed E-state index contributed by atoms with van der Waals surface area (Å²) in [4.78, 5) is 0. The number of hydrogen-bond acceptors (Lipinski definition) is 2. The molecule has 9 heavy (non-hydrogen) atoms. The second-order valence-corrected chi connectivity index (χ2v) is 5.61. The maximum Gasteiger partial charge on any atom is 0.156 e. The van der Waals surface area contributed by atoms with Gasteiger partial charge >= 0.3 is 0 Å². The normalized spacial score (nSPS) is 35.1. The third kappa shape index (κ3) is 0.491. The van der Waals surface area contributed by atoms with Crippen molar-refractivity contribution >= 4 is 9.84 Å². The molecule has 2 nitrogen and oxygen atoms in total. The molecule has 0 radical (unpaired) electrons. The third-order valence-electron chi connectivity index (χ3n) is 2.75. The van der Waals surface area contributed by atoms with Crippen LogP contribution >= 0.6 is 0 Å². The quantitative estimate of drug-likeness (QED) is 0.505. The fourth-order valence-electron chi connectivity index (χ4n) is 1.69. The van der Waals surface area contributed by atoms with E-state index in [1.54, 1.807) is 0 Å². The van der Waals surface area contributed by atoms with Crippen LogP contribution < -0.4 is 0 Å². The smallest absolute Gasteiger partial charge is 0.156 e. The van der Waals surface area contributed by atoms with Gasteiger partial charge in [0.25, 0.3) is 0 Å². The summed E-state index contributed by atoms with van der Waals surface area (Å²) < 4.78 is 21.9. The van der Waals surface area contributed by atoms with Crippen molar-refractivity contribution < 1.29 is 8.42 Å². The van der Waals surface area contributed by atoms with Crippen molar-refractivity contribution in [1.29, 1.82) is 0 Å². The monoisotopic (exact) mass is 146 g/mol. The molecule has 1 aliphatic carbocycles. The van der Waals surface area contributed by atoms with Crippen molar-refractivity contribution in [3.8, 4) is 0 Å². The highest BCUT2D eigenvalue weighted by molar-refractivity contribution is 7.94. The van der Waals surface area contributed by atoms with E-state index < -0.39 is 9.84 Å². The van der Waals surface area contributed by atoms with E-state index in [2.05, 4.69) is 0 Å². The highest BCUT2D eigenvalue weighted by Gasteiger charge is 2.55. The Bertz CT molecular complexity index is 218. The van der Waals surface area contributed by atoms with Crippen molar-refractivity contribution in [3.63, 3.8) is 0 Å². The van der Waals surface area contributed by atoms with Gasteiger partial charge < -0.3 is 0 Å². The predicted molar refractivity (Wildman–Crippen MR) is 35.0 cm³/mol. The number of sulfone groups is 1. The van der Waals surface area contributed by atoms with Crippen LogP contribution in [0.2, 0.25) is 0 Å². The molecule has 2 fully saturated rings. The molecule has 0 amide bonds. The molecule has 0 aromatic rings. The van der Waals surface area contributed by atoms with E-state index in [0.717, 1.165) is 25.7 Å². The van der Waals surface area contributed by atoms with E-state index in [1.165, 1.54) is 0 Å². The van der Waals surface area contributed by atoms with E-state index >= 15 is 0 Å². The number of rotatable bonds is 0. The summed E-state index contributed by atoms with van der Waals surface area (Å²) in [6.07, 6.45) is 3.94. The molecule has 3 heteroatoms. The van der Waals surface area contributed by atoms with E-state index in [0.29, 0.717) is 5.75 Å². The van der Waals surface area contributed by atoms with E-state index in [9.17, 15) is 8.42 Å². The zero-order chi connectivity index (χ0) is 6.54. The summed E-state index contributed by atoms with van der Waals surface area (Å²) >= 11 is 0. The molecule has 1 saturated carbocycles. The van der Waals surface area contributed by atoms with Gasteiger partial charge in [0.2, 0.25) is 0 Å². The van der Waals surface area contributed by atoms with Gasteiger partial charge in [0.15, 0.2) is 9.84 Å². The second-order valence-electron chi connectivity index (χ2n) is 3.11. The fourth-order valence-corrected chi connectivity index (χ4v) is 3.72. The van der Waals surface area contributed by atoms with E-state index in [4.69, 9.17) is 0 Å². The minimum atomic E-state index is -2.59. The molecule has 0 unspecified atom stereocenters. The van der Waals surface area contributed by atoms with Crippen LogP contribution in [0.25, 0.3) is 0 Å². The first-order chi connectivity index (χ1) is 4.16. The maximum absolute atomic E-state index is 11.0. The Morgan fingerprint density at radius 1 is 1.11 bits per heavy atom. The average Bonchev–Trinajstić information content (AvgIpc) is 1.59. The Morgan fingerprint density at radius 3 is 1.78 bits per heavy atom. The zero-order valence-corrected chi connectivity index (χ0v) is 6.08. The summed E-state index contributed by atoms with van der Waals surface area (Å²) in [7, 11) is -2.59. The van der Waals surface area contributed by atoms with E-state index in [-0.39, 0.29) is 4.75 Å². The van der Waals surface area contributed by atoms with Crippen molar-refractivity contribution in [2.45, 2.75) is 30.4 Å². The largest absolute Gasteiger partial charge is 0.228 e. The van der Waals surface area contributed by atoms with Crippen molar-refractivity contribution in [3.05, 3.63) is 0 Å². The minimum absolute atomic E-state index is 0.187. The highest BCUT2D eigenvalue weighted by Crippen LogP contribution is 2.49. The fraction of sp³-hybridized carbons (Fsp3) is 1.00. The average molecular weight is 146 g/mol. The zero-order valence-electron chi connectivity index (χ0n) is 5.26. The lowest BCUT2D eigenvalue weighted by Gasteiger charge is -2.47. The van der Waals surface area contributed by atoms with Crippen LogP contribution in [-0.4, -0.2) is 18.9 Å². The minimum Gasteiger partial charge on any atom is -0.228 e. The molecule has 0 N–H and O–H groups in total. The molecule has 2 aliphatic rings. The molecule has 1 heterocycles. The van der Waals surface area contributed by atoms with Gasteiger partial charge in [-0.2, -0.15) is 0 Å². The Kier molecular flexibility index (Phi) is 0.849. The molecule has 0 bridgehead atoms. The van der Waals surface area contributed by atoms with Gasteiger partial charge in [-0.3, -0.25) is 0 Å². The van der Waals surface area contributed by atoms with Gasteiger partial charge in [0.1, 0.15) is 0 Å². The van der Waals surface area contributed by atoms with Crippen molar-refractivity contribution in [2.75, 3.05) is 5.75 Å². The Morgan fingerprint density at radius 2 is 1.78 bits per heavy atom. The van der Waals surface area contributed by atoms with Crippen LogP contribution in [0.15, 0.2) is 0 Å². The van der Waals surface area contributed by atoms with Crippen LogP contribution in [0, 0.1) is 0 Å². The lowest BCUT2D eigenvalue weighted by atomic mass is 9.81. The molecular weight excluding hydrogens is 136 g/mol. The summed E-state index contributed by atoms with van der Waals surface area (Å²) in [5.74, 6) is 0.451. The standard InChI is InChI=1S/C6H10O2S/c7-9(8)5-4-6(9)2-1-3-6/h1-5H2. The Hall–Kier alpha value is -0.0500. The van der Waals surface area contributed by atoms with Gasteiger partial charge in [0, 0.05) is 0 Å². The molecule has 1 saturated heterocycles. The van der Waals surface area contributed by atoms with Crippen molar-refractivity contribution in [2.24, 2.45) is 0 Å². The van der Waals surface area contributed by atoms with Crippen LogP contribution in [0.1, 0.15) is 25.7 Å². The molecule has 52 valence electrons. The first kappa shape index (κ1) is 5.71. The second kappa shape index (κ2) is 1.34. The summed E-state index contributed by atoms with van der Waals surface area (Å²) in [6, 6.07) is 0. The molecule has 1 spiro atoms. The lowest BCUT2D eigenvalue weighted by molar-refractivity contribution is 0.299. The van der Waals surface area contributed by atoms with Gasteiger partial charge in [0.05, 0.1) is 10.5 Å². The Balaban J connectivity index is 2.33. The molecule has 0 atom stereocenters. The SMILES string of the molecule is O=S1(=O)CCC12CCC2. The van der Waals surface area contributed by atoms with Crippen LogP contribution in [0.3, 0.4) is 0 Å². The molecule has 2 rings (SSSR count). The first-order valence-corrected chi connectivity index (χ1v) is 5.04. The van der Waals surface area contributed by atoms with Crippen molar-refractivity contribution in [1.82, 2.24) is 0 Å². The highest BCUT2D eigenvalue weighted by atomic mass is 32.2. The number of hydrogen-bond donors (Lipinski definition) is 0. The maximum atomic E-state index is 11.0. The summed E-state index contributed by atoms with van der Waals surface area (Å²) in [6.45, 7) is 0. The van der Waals surface area contributed by atoms with E-state index in [1.807, 2.05) is 0 Å². The van der Waals surface area contributed by atoms with Gasteiger partial charge in [-0.05, 0) is 19.3 Å². The third-order valence-corrected chi connectivity index (χ3v) is 5.42. The molecule has 0 aromatic heterocycles. The molecular formula is C6H10O2S. The van der Waals surface area contributed by atoms with Crippen LogP contribution in [-0.2, 0) is 9.84 Å². The summed E-state index contributed by atoms with van der Waals surface area (Å²) in [5.41, 5.74) is 0. The van der Waals surface area contributed by atoms with Gasteiger partial charge in [-0.25, -0.2) is 8.42 Å². The van der Waals surface area contributed by atoms with Crippen LogP contribution in [0.5, 0.6) is 0 Å². The molecule has 0 aromatic carbocycles. The predicted octanol–water partition coefficient (Wildman–Crippen LogP) is 0.728. The molecule has 1 aliphatic heterocycles. The van der Waals surface area contributed by atoms with Gasteiger partial charge in [-0.15, -0.1) is 0 Å². The topological polar surface area (TPSA) is 34.1 Å². The summed E-state index contributed by atoms with van der Waals surface area (Å²) in [5, 5.41) is 0. The van der Waals surface area contributed by atoms with Crippen LogP contribution in [0.4, 0.5) is 0 Å². The van der Waals surface area contributed by atoms with Gasteiger partial charge in [-0.1, -0.05) is 6.42 Å². The lowest BCUT2D eigenvalue weighted by Crippen LogP contribution is -2.55. The first-order valence-electron chi connectivity index (χ1n) is 3.39. The Labute approximate surface area is 55.2 Å².